The summed E-state index contributed by atoms with van der Waals surface area (Å²) in [4.78, 5) is 12.0. The van der Waals surface area contributed by atoms with Gasteiger partial charge in [0.1, 0.15) is 11.1 Å². The molecule has 15 heavy (non-hydrogen) atoms. The van der Waals surface area contributed by atoms with Crippen molar-refractivity contribution in [3.05, 3.63) is 12.7 Å². The number of carbonyl (C=O) groups excluding carboxylic acids is 1. The summed E-state index contributed by atoms with van der Waals surface area (Å²) in [6.45, 7) is 10.3. The first-order valence-corrected chi connectivity index (χ1v) is 5.49. The van der Waals surface area contributed by atoms with E-state index in [0.717, 1.165) is 19.4 Å². The van der Waals surface area contributed by atoms with Crippen LogP contribution in [0.1, 0.15) is 40.0 Å². The molecule has 0 aliphatic carbocycles. The molecule has 3 heteroatoms. The molecule has 0 amide bonds. The summed E-state index contributed by atoms with van der Waals surface area (Å²) >= 11 is 0. The van der Waals surface area contributed by atoms with Gasteiger partial charge in [0, 0.05) is 0 Å². The lowest BCUT2D eigenvalue weighted by Gasteiger charge is -2.30. The summed E-state index contributed by atoms with van der Waals surface area (Å²) in [6.07, 6.45) is 4.28. The molecule has 0 aromatic rings. The summed E-state index contributed by atoms with van der Waals surface area (Å²) in [7, 11) is 0. The highest BCUT2D eigenvalue weighted by Gasteiger charge is 2.42. The van der Waals surface area contributed by atoms with Gasteiger partial charge in [0.15, 0.2) is 0 Å². The van der Waals surface area contributed by atoms with Crippen LogP contribution in [0.15, 0.2) is 12.7 Å². The van der Waals surface area contributed by atoms with Gasteiger partial charge in [-0.15, -0.1) is 6.58 Å². The lowest BCUT2D eigenvalue weighted by molar-refractivity contribution is -0.162. The number of nitrogens with one attached hydrogen (secondary N) is 1. The van der Waals surface area contributed by atoms with Crippen LogP contribution in [0.5, 0.6) is 0 Å². The number of rotatable bonds is 3. The van der Waals surface area contributed by atoms with Crippen LogP contribution in [0, 0.1) is 0 Å². The lowest BCUT2D eigenvalue weighted by Crippen LogP contribution is -2.50. The van der Waals surface area contributed by atoms with E-state index in [2.05, 4.69) is 11.9 Å². The number of ether oxygens (including phenoxy) is 1. The molecule has 1 rings (SSSR count). The molecule has 3 nitrogen and oxygen atoms in total. The van der Waals surface area contributed by atoms with E-state index in [1.54, 1.807) is 6.08 Å². The summed E-state index contributed by atoms with van der Waals surface area (Å²) in [5.74, 6) is -0.146. The number of carbonyl (C=O) groups is 1. The molecule has 0 saturated carbocycles. The summed E-state index contributed by atoms with van der Waals surface area (Å²) < 4.78 is 5.43. The fraction of sp³-hybridized carbons (Fsp3) is 0.750. The summed E-state index contributed by atoms with van der Waals surface area (Å²) in [5.41, 5.74) is -0.940. The van der Waals surface area contributed by atoms with Crippen molar-refractivity contribution in [3.8, 4) is 0 Å². The molecule has 0 spiro atoms. The molecule has 1 fully saturated rings. The Morgan fingerprint density at radius 3 is 2.67 bits per heavy atom. The van der Waals surface area contributed by atoms with Crippen molar-refractivity contribution in [2.45, 2.75) is 51.2 Å². The molecule has 0 bridgehead atoms. The Morgan fingerprint density at radius 1 is 1.60 bits per heavy atom. The largest absolute Gasteiger partial charge is 0.459 e. The predicted octanol–water partition coefficient (Wildman–Crippen LogP) is 2.03. The van der Waals surface area contributed by atoms with Crippen LogP contribution >= 0.6 is 0 Å². The molecule has 0 aromatic heterocycles. The molecular formula is C12H21NO2. The highest BCUT2D eigenvalue weighted by molar-refractivity contribution is 5.82. The maximum absolute atomic E-state index is 12.0. The van der Waals surface area contributed by atoms with Crippen LogP contribution in [-0.2, 0) is 9.53 Å². The Kier molecular flexibility index (Phi) is 3.55. The van der Waals surface area contributed by atoms with Crippen LogP contribution in [0.2, 0.25) is 0 Å². The van der Waals surface area contributed by atoms with E-state index in [-0.39, 0.29) is 5.97 Å². The van der Waals surface area contributed by atoms with E-state index in [1.165, 1.54) is 0 Å². The van der Waals surface area contributed by atoms with Crippen LogP contribution in [0.25, 0.3) is 0 Å². The topological polar surface area (TPSA) is 38.3 Å². The van der Waals surface area contributed by atoms with Gasteiger partial charge in [0.25, 0.3) is 0 Å². The van der Waals surface area contributed by atoms with Crippen molar-refractivity contribution in [1.29, 1.82) is 0 Å². The summed E-state index contributed by atoms with van der Waals surface area (Å²) in [6, 6.07) is 0. The Labute approximate surface area is 91.9 Å². The van der Waals surface area contributed by atoms with Crippen molar-refractivity contribution in [3.63, 3.8) is 0 Å². The third-order valence-electron chi connectivity index (χ3n) is 2.53. The molecule has 1 aliphatic rings. The van der Waals surface area contributed by atoms with Gasteiger partial charge in [-0.3, -0.25) is 4.79 Å². The van der Waals surface area contributed by atoms with Crippen molar-refractivity contribution in [1.82, 2.24) is 5.32 Å². The Hall–Kier alpha value is -0.830. The first kappa shape index (κ1) is 12.2. The highest BCUT2D eigenvalue weighted by Crippen LogP contribution is 2.27. The van der Waals surface area contributed by atoms with Crippen LogP contribution < -0.4 is 5.32 Å². The van der Waals surface area contributed by atoms with Gasteiger partial charge < -0.3 is 10.1 Å². The second-order valence-corrected chi connectivity index (χ2v) is 5.11. The zero-order valence-corrected chi connectivity index (χ0v) is 9.93. The molecule has 1 atom stereocenters. The van der Waals surface area contributed by atoms with E-state index >= 15 is 0 Å². The standard InChI is InChI=1S/C12H21NO2/c1-5-7-12(8-6-9-13-12)10(14)15-11(2,3)4/h5,13H,1,6-9H2,2-4H3. The minimum atomic E-state index is -0.519. The Balaban J connectivity index is 2.72. The molecule has 1 N–H and O–H groups in total. The highest BCUT2D eigenvalue weighted by atomic mass is 16.6. The first-order valence-electron chi connectivity index (χ1n) is 5.49. The van der Waals surface area contributed by atoms with Crippen molar-refractivity contribution >= 4 is 5.97 Å². The van der Waals surface area contributed by atoms with E-state index in [4.69, 9.17) is 4.74 Å². The molecule has 1 heterocycles. The predicted molar refractivity (Wildman–Crippen MR) is 60.6 cm³/mol. The Bertz CT molecular complexity index is 247. The zero-order chi connectivity index (χ0) is 11.5. The van der Waals surface area contributed by atoms with Gasteiger partial charge in [-0.2, -0.15) is 0 Å². The van der Waals surface area contributed by atoms with Gasteiger partial charge in [-0.1, -0.05) is 6.08 Å². The third kappa shape index (κ3) is 3.06. The second-order valence-electron chi connectivity index (χ2n) is 5.11. The molecule has 1 unspecified atom stereocenters. The first-order chi connectivity index (χ1) is 6.90. The van der Waals surface area contributed by atoms with Crippen molar-refractivity contribution < 1.29 is 9.53 Å². The van der Waals surface area contributed by atoms with Crippen LogP contribution in [-0.4, -0.2) is 23.7 Å². The van der Waals surface area contributed by atoms with Gasteiger partial charge >= 0.3 is 5.97 Å². The monoisotopic (exact) mass is 211 g/mol. The molecule has 0 radical (unpaired) electrons. The van der Waals surface area contributed by atoms with E-state index in [1.807, 2.05) is 20.8 Å². The fourth-order valence-corrected chi connectivity index (χ4v) is 1.86. The molecular weight excluding hydrogens is 190 g/mol. The van der Waals surface area contributed by atoms with Crippen molar-refractivity contribution in [2.75, 3.05) is 6.54 Å². The number of esters is 1. The molecule has 86 valence electrons. The molecule has 0 aromatic carbocycles. The minimum Gasteiger partial charge on any atom is -0.459 e. The van der Waals surface area contributed by atoms with E-state index in [0.29, 0.717) is 6.42 Å². The van der Waals surface area contributed by atoms with Crippen LogP contribution in [0.4, 0.5) is 0 Å². The molecule has 1 saturated heterocycles. The Morgan fingerprint density at radius 2 is 2.27 bits per heavy atom. The van der Waals surface area contributed by atoms with Gasteiger partial charge in [-0.05, 0) is 46.6 Å². The SMILES string of the molecule is C=CCC1(C(=O)OC(C)(C)C)CCCN1. The normalized spacial score (nSPS) is 26.3. The number of hydrogen-bond acceptors (Lipinski definition) is 3. The lowest BCUT2D eigenvalue weighted by atomic mass is 9.93. The maximum atomic E-state index is 12.0. The zero-order valence-electron chi connectivity index (χ0n) is 9.93. The number of hydrogen-bond donors (Lipinski definition) is 1. The van der Waals surface area contributed by atoms with Crippen molar-refractivity contribution in [2.24, 2.45) is 0 Å². The van der Waals surface area contributed by atoms with Gasteiger partial charge in [-0.25, -0.2) is 0 Å². The average Bonchev–Trinajstić information content (AvgIpc) is 2.51. The molecule has 1 aliphatic heterocycles. The van der Waals surface area contributed by atoms with Gasteiger partial charge in [0.2, 0.25) is 0 Å². The van der Waals surface area contributed by atoms with E-state index < -0.39 is 11.1 Å². The third-order valence-corrected chi connectivity index (χ3v) is 2.53. The summed E-state index contributed by atoms with van der Waals surface area (Å²) in [5, 5.41) is 3.25. The quantitative estimate of drug-likeness (QED) is 0.573. The van der Waals surface area contributed by atoms with Gasteiger partial charge in [0.05, 0.1) is 0 Å². The minimum absolute atomic E-state index is 0.146. The van der Waals surface area contributed by atoms with E-state index in [9.17, 15) is 4.79 Å². The van der Waals surface area contributed by atoms with Crippen LogP contribution in [0.3, 0.4) is 0 Å². The second kappa shape index (κ2) is 4.35. The maximum Gasteiger partial charge on any atom is 0.327 e. The average molecular weight is 211 g/mol. The fourth-order valence-electron chi connectivity index (χ4n) is 1.86. The smallest absolute Gasteiger partial charge is 0.327 e.